The first-order valence-corrected chi connectivity index (χ1v) is 7.20. The molecule has 2 N–H and O–H groups in total. The summed E-state index contributed by atoms with van der Waals surface area (Å²) >= 11 is 0. The van der Waals surface area contributed by atoms with Crippen LogP contribution in [0, 0.1) is 12.7 Å². The van der Waals surface area contributed by atoms with Gasteiger partial charge in [-0.15, -0.1) is 0 Å². The molecule has 1 aromatic carbocycles. The molecule has 6 heteroatoms. The number of aliphatic imine (C=N–C) groups is 1. The number of rotatable bonds is 4. The van der Waals surface area contributed by atoms with Crippen LogP contribution in [0.1, 0.15) is 29.9 Å². The third kappa shape index (κ3) is 3.84. The summed E-state index contributed by atoms with van der Waals surface area (Å²) in [5.74, 6) is 1.37. The minimum atomic E-state index is -0.192. The van der Waals surface area contributed by atoms with Crippen molar-refractivity contribution < 1.29 is 4.39 Å². The molecule has 0 saturated carbocycles. The fourth-order valence-electron chi connectivity index (χ4n) is 2.09. The number of halogens is 1. The lowest BCUT2D eigenvalue weighted by Gasteiger charge is -2.18. The third-order valence-corrected chi connectivity index (χ3v) is 3.61. The summed E-state index contributed by atoms with van der Waals surface area (Å²) in [6.07, 6.45) is 3.65. The van der Waals surface area contributed by atoms with Crippen LogP contribution in [0.25, 0.3) is 0 Å². The van der Waals surface area contributed by atoms with Gasteiger partial charge in [-0.3, -0.25) is 4.99 Å². The molecule has 2 rings (SSSR count). The van der Waals surface area contributed by atoms with Crippen molar-refractivity contribution in [3.63, 3.8) is 0 Å². The van der Waals surface area contributed by atoms with Crippen molar-refractivity contribution in [3.05, 3.63) is 53.4 Å². The highest BCUT2D eigenvalue weighted by Crippen LogP contribution is 2.16. The Bertz CT molecular complexity index is 662. The molecule has 0 aliphatic heterocycles. The van der Waals surface area contributed by atoms with E-state index in [1.54, 1.807) is 32.3 Å². The van der Waals surface area contributed by atoms with Crippen molar-refractivity contribution in [3.8, 4) is 0 Å². The minimum absolute atomic E-state index is 0.0531. The second-order valence-corrected chi connectivity index (χ2v) is 5.25. The van der Waals surface area contributed by atoms with Crippen LogP contribution in [-0.4, -0.2) is 22.6 Å². The van der Waals surface area contributed by atoms with Gasteiger partial charge in [0.15, 0.2) is 5.96 Å². The number of aromatic nitrogens is 2. The SMILES string of the molecule is CN=C(NCc1nccn1C)NC(C)c1ccc(C)c(F)c1. The fraction of sp³-hybridized carbons (Fsp3) is 0.375. The van der Waals surface area contributed by atoms with Gasteiger partial charge in [0.05, 0.1) is 12.6 Å². The third-order valence-electron chi connectivity index (χ3n) is 3.61. The number of hydrogen-bond acceptors (Lipinski definition) is 2. The van der Waals surface area contributed by atoms with Gasteiger partial charge in [-0.25, -0.2) is 9.37 Å². The zero-order chi connectivity index (χ0) is 16.1. The second-order valence-electron chi connectivity index (χ2n) is 5.25. The summed E-state index contributed by atoms with van der Waals surface area (Å²) in [6, 6.07) is 5.20. The molecule has 0 saturated heterocycles. The fourth-order valence-corrected chi connectivity index (χ4v) is 2.09. The first-order valence-electron chi connectivity index (χ1n) is 7.20. The molecule has 0 fully saturated rings. The molecular weight excluding hydrogens is 281 g/mol. The van der Waals surface area contributed by atoms with E-state index in [4.69, 9.17) is 0 Å². The van der Waals surface area contributed by atoms with Crippen LogP contribution in [0.3, 0.4) is 0 Å². The lowest BCUT2D eigenvalue weighted by molar-refractivity contribution is 0.607. The molecule has 22 heavy (non-hydrogen) atoms. The Morgan fingerprint density at radius 1 is 1.45 bits per heavy atom. The Morgan fingerprint density at radius 3 is 2.82 bits per heavy atom. The van der Waals surface area contributed by atoms with E-state index in [2.05, 4.69) is 20.6 Å². The molecule has 118 valence electrons. The molecule has 1 unspecified atom stereocenters. The molecule has 0 aliphatic rings. The van der Waals surface area contributed by atoms with Crippen LogP contribution >= 0.6 is 0 Å². The standard InChI is InChI=1S/C16H22FN5/c1-11-5-6-13(9-14(11)17)12(2)21-16(18-3)20-10-15-19-7-8-22(15)4/h5-9,12H,10H2,1-4H3,(H2,18,20,21). The number of nitrogens with zero attached hydrogens (tertiary/aromatic N) is 3. The maximum absolute atomic E-state index is 13.7. The normalized spacial score (nSPS) is 13.0. The van der Waals surface area contributed by atoms with E-state index >= 15 is 0 Å². The van der Waals surface area contributed by atoms with Gasteiger partial charge < -0.3 is 15.2 Å². The van der Waals surface area contributed by atoms with Crippen LogP contribution < -0.4 is 10.6 Å². The van der Waals surface area contributed by atoms with Crippen molar-refractivity contribution in [2.75, 3.05) is 7.05 Å². The number of benzene rings is 1. The van der Waals surface area contributed by atoms with Crippen molar-refractivity contribution in [1.29, 1.82) is 0 Å². The van der Waals surface area contributed by atoms with E-state index in [1.807, 2.05) is 30.8 Å². The Kier molecular flexibility index (Phi) is 5.14. The maximum Gasteiger partial charge on any atom is 0.191 e. The average Bonchev–Trinajstić information content (AvgIpc) is 2.91. The molecule has 1 aromatic heterocycles. The molecule has 0 amide bonds. The van der Waals surface area contributed by atoms with Gasteiger partial charge in [0.2, 0.25) is 0 Å². The first-order chi connectivity index (χ1) is 10.5. The van der Waals surface area contributed by atoms with Crippen LogP contribution in [0.4, 0.5) is 4.39 Å². The second kappa shape index (κ2) is 7.06. The monoisotopic (exact) mass is 303 g/mol. The average molecular weight is 303 g/mol. The van der Waals surface area contributed by atoms with E-state index in [0.29, 0.717) is 18.1 Å². The molecule has 1 heterocycles. The number of guanidine groups is 1. The number of aryl methyl sites for hydroxylation is 2. The lowest BCUT2D eigenvalue weighted by atomic mass is 10.1. The van der Waals surface area contributed by atoms with E-state index < -0.39 is 0 Å². The summed E-state index contributed by atoms with van der Waals surface area (Å²) in [7, 11) is 3.65. The van der Waals surface area contributed by atoms with Crippen LogP contribution in [0.15, 0.2) is 35.6 Å². The highest BCUT2D eigenvalue weighted by atomic mass is 19.1. The van der Waals surface area contributed by atoms with Gasteiger partial charge in [-0.1, -0.05) is 12.1 Å². The van der Waals surface area contributed by atoms with Gasteiger partial charge >= 0.3 is 0 Å². The zero-order valence-corrected chi connectivity index (χ0v) is 13.4. The Hall–Kier alpha value is -2.37. The van der Waals surface area contributed by atoms with Crippen molar-refractivity contribution in [2.45, 2.75) is 26.4 Å². The highest BCUT2D eigenvalue weighted by Gasteiger charge is 2.10. The lowest BCUT2D eigenvalue weighted by Crippen LogP contribution is -2.38. The largest absolute Gasteiger partial charge is 0.350 e. The van der Waals surface area contributed by atoms with Gasteiger partial charge in [-0.2, -0.15) is 0 Å². The number of hydrogen-bond donors (Lipinski definition) is 2. The summed E-state index contributed by atoms with van der Waals surface area (Å²) in [5.41, 5.74) is 1.52. The number of imidazole rings is 1. The van der Waals surface area contributed by atoms with E-state index in [1.165, 1.54) is 0 Å². The molecule has 2 aromatic rings. The van der Waals surface area contributed by atoms with Gasteiger partial charge in [-0.05, 0) is 31.0 Å². The van der Waals surface area contributed by atoms with E-state index in [0.717, 1.165) is 11.4 Å². The first kappa shape index (κ1) is 16.0. The predicted octanol–water partition coefficient (Wildman–Crippen LogP) is 2.29. The van der Waals surface area contributed by atoms with E-state index in [-0.39, 0.29) is 11.9 Å². The summed E-state index contributed by atoms with van der Waals surface area (Å²) in [4.78, 5) is 8.43. The van der Waals surface area contributed by atoms with Crippen LogP contribution in [0.5, 0.6) is 0 Å². The van der Waals surface area contributed by atoms with Gasteiger partial charge in [0, 0.05) is 26.5 Å². The number of nitrogens with one attached hydrogen (secondary N) is 2. The molecule has 5 nitrogen and oxygen atoms in total. The van der Waals surface area contributed by atoms with Crippen molar-refractivity contribution >= 4 is 5.96 Å². The Morgan fingerprint density at radius 2 is 2.23 bits per heavy atom. The smallest absolute Gasteiger partial charge is 0.191 e. The molecule has 1 atom stereocenters. The quantitative estimate of drug-likeness (QED) is 0.673. The summed E-state index contributed by atoms with van der Waals surface area (Å²) in [5, 5.41) is 6.45. The van der Waals surface area contributed by atoms with Crippen molar-refractivity contribution in [1.82, 2.24) is 20.2 Å². The van der Waals surface area contributed by atoms with E-state index in [9.17, 15) is 4.39 Å². The molecule has 0 bridgehead atoms. The summed E-state index contributed by atoms with van der Waals surface area (Å²) < 4.78 is 15.6. The topological polar surface area (TPSA) is 54.2 Å². The predicted molar refractivity (Wildman–Crippen MR) is 86.1 cm³/mol. The van der Waals surface area contributed by atoms with Crippen LogP contribution in [0.2, 0.25) is 0 Å². The Balaban J connectivity index is 1.97. The molecule has 0 radical (unpaired) electrons. The molecule has 0 aliphatic carbocycles. The molecule has 0 spiro atoms. The highest BCUT2D eigenvalue weighted by molar-refractivity contribution is 5.80. The zero-order valence-electron chi connectivity index (χ0n) is 13.4. The maximum atomic E-state index is 13.7. The van der Waals surface area contributed by atoms with Crippen LogP contribution in [-0.2, 0) is 13.6 Å². The molecular formula is C16H22FN5. The van der Waals surface area contributed by atoms with Gasteiger partial charge in [0.1, 0.15) is 11.6 Å². The summed E-state index contributed by atoms with van der Waals surface area (Å²) in [6.45, 7) is 4.29. The van der Waals surface area contributed by atoms with Gasteiger partial charge in [0.25, 0.3) is 0 Å². The van der Waals surface area contributed by atoms with Crippen molar-refractivity contribution in [2.24, 2.45) is 12.0 Å². The minimum Gasteiger partial charge on any atom is -0.350 e. The Labute approximate surface area is 130 Å².